The molecule has 3 rings (SSSR count). The first-order valence-electron chi connectivity index (χ1n) is 11.3. The standard InChI is InChI=1S/C24H37N3O3/c1-5-30-23-7-6-21(20(4)28)13-22(23)16-25-8-10-26(11-9-25)17-24(29)27-14-18(2)12-19(3)15-27/h6-7,13,18-19H,5,8-12,14-17H2,1-4H3. The normalized spacial score (nSPS) is 23.4. The van der Waals surface area contributed by atoms with Crippen LogP contribution in [-0.4, -0.2) is 78.8 Å². The Morgan fingerprint density at radius 1 is 1.03 bits per heavy atom. The predicted molar refractivity (Wildman–Crippen MR) is 119 cm³/mol. The number of ether oxygens (including phenoxy) is 1. The monoisotopic (exact) mass is 415 g/mol. The zero-order valence-electron chi connectivity index (χ0n) is 19.0. The Morgan fingerprint density at radius 3 is 2.27 bits per heavy atom. The smallest absolute Gasteiger partial charge is 0.236 e. The van der Waals surface area contributed by atoms with Crippen molar-refractivity contribution in [1.82, 2.24) is 14.7 Å². The highest BCUT2D eigenvalue weighted by Gasteiger charge is 2.27. The number of carbonyl (C=O) groups is 2. The largest absolute Gasteiger partial charge is 0.494 e. The van der Waals surface area contributed by atoms with Crippen LogP contribution in [0, 0.1) is 11.8 Å². The fourth-order valence-electron chi connectivity index (χ4n) is 4.72. The van der Waals surface area contributed by atoms with Crippen LogP contribution in [0.5, 0.6) is 5.75 Å². The van der Waals surface area contributed by atoms with Gasteiger partial charge in [0, 0.05) is 56.9 Å². The van der Waals surface area contributed by atoms with E-state index < -0.39 is 0 Å². The molecule has 2 heterocycles. The van der Waals surface area contributed by atoms with Crippen molar-refractivity contribution in [1.29, 1.82) is 0 Å². The quantitative estimate of drug-likeness (QED) is 0.641. The number of rotatable bonds is 7. The third-order valence-corrected chi connectivity index (χ3v) is 6.21. The number of nitrogens with zero attached hydrogens (tertiary/aromatic N) is 3. The molecule has 6 heteroatoms. The molecule has 2 unspecified atom stereocenters. The van der Waals surface area contributed by atoms with Gasteiger partial charge in [0.2, 0.25) is 5.91 Å². The van der Waals surface area contributed by atoms with Crippen LogP contribution in [0.2, 0.25) is 0 Å². The van der Waals surface area contributed by atoms with Gasteiger partial charge in [0.25, 0.3) is 0 Å². The highest BCUT2D eigenvalue weighted by molar-refractivity contribution is 5.94. The molecule has 0 spiro atoms. The van der Waals surface area contributed by atoms with Crippen molar-refractivity contribution in [3.05, 3.63) is 29.3 Å². The van der Waals surface area contributed by atoms with E-state index in [0.29, 0.717) is 25.0 Å². The molecule has 1 amide bonds. The summed E-state index contributed by atoms with van der Waals surface area (Å²) in [5, 5.41) is 0. The van der Waals surface area contributed by atoms with Crippen LogP contribution >= 0.6 is 0 Å². The van der Waals surface area contributed by atoms with Gasteiger partial charge in [-0.2, -0.15) is 0 Å². The molecule has 2 saturated heterocycles. The minimum absolute atomic E-state index is 0.0731. The van der Waals surface area contributed by atoms with Gasteiger partial charge in [-0.3, -0.25) is 19.4 Å². The molecule has 1 aromatic carbocycles. The van der Waals surface area contributed by atoms with Crippen molar-refractivity contribution in [2.75, 3.05) is 52.4 Å². The summed E-state index contributed by atoms with van der Waals surface area (Å²) in [6.07, 6.45) is 1.22. The maximum absolute atomic E-state index is 12.8. The first-order chi connectivity index (χ1) is 14.4. The number of Topliss-reactive ketones (excluding diaryl/α,β-unsaturated/α-hetero) is 1. The highest BCUT2D eigenvalue weighted by atomic mass is 16.5. The van der Waals surface area contributed by atoms with Gasteiger partial charge in [0.15, 0.2) is 5.78 Å². The highest BCUT2D eigenvalue weighted by Crippen LogP contribution is 2.24. The third kappa shape index (κ3) is 6.05. The lowest BCUT2D eigenvalue weighted by Crippen LogP contribution is -2.51. The molecule has 2 atom stereocenters. The summed E-state index contributed by atoms with van der Waals surface area (Å²) in [6.45, 7) is 15.4. The van der Waals surface area contributed by atoms with Gasteiger partial charge in [-0.1, -0.05) is 13.8 Å². The summed E-state index contributed by atoms with van der Waals surface area (Å²) in [5.74, 6) is 2.40. The lowest BCUT2D eigenvalue weighted by atomic mass is 9.92. The number of piperazine rings is 1. The van der Waals surface area contributed by atoms with Crippen molar-refractivity contribution in [3.63, 3.8) is 0 Å². The molecule has 0 N–H and O–H groups in total. The predicted octanol–water partition coefficient (Wildman–Crippen LogP) is 2.91. The molecule has 0 aliphatic carbocycles. The Bertz CT molecular complexity index is 733. The first kappa shape index (κ1) is 22.8. The summed E-state index contributed by atoms with van der Waals surface area (Å²) >= 11 is 0. The van der Waals surface area contributed by atoms with Crippen LogP contribution in [0.3, 0.4) is 0 Å². The lowest BCUT2D eigenvalue weighted by molar-refractivity contribution is -0.135. The first-order valence-corrected chi connectivity index (χ1v) is 11.3. The molecule has 0 saturated carbocycles. The second-order valence-electron chi connectivity index (χ2n) is 9.11. The average Bonchev–Trinajstić information content (AvgIpc) is 2.70. The summed E-state index contributed by atoms with van der Waals surface area (Å²) < 4.78 is 5.77. The Balaban J connectivity index is 1.53. The molecule has 6 nitrogen and oxygen atoms in total. The van der Waals surface area contributed by atoms with Crippen molar-refractivity contribution in [2.24, 2.45) is 11.8 Å². The fraction of sp³-hybridized carbons (Fsp3) is 0.667. The zero-order chi connectivity index (χ0) is 21.7. The average molecular weight is 416 g/mol. The molecular weight excluding hydrogens is 378 g/mol. The van der Waals surface area contributed by atoms with Crippen LogP contribution < -0.4 is 4.74 Å². The van der Waals surface area contributed by atoms with E-state index in [1.165, 1.54) is 6.42 Å². The van der Waals surface area contributed by atoms with Gasteiger partial charge in [-0.05, 0) is 50.3 Å². The van der Waals surface area contributed by atoms with E-state index in [1.807, 2.05) is 25.1 Å². The Hall–Kier alpha value is -1.92. The second kappa shape index (κ2) is 10.4. The molecule has 30 heavy (non-hydrogen) atoms. The summed E-state index contributed by atoms with van der Waals surface area (Å²) in [4.78, 5) is 31.3. The van der Waals surface area contributed by atoms with Crippen LogP contribution in [0.25, 0.3) is 0 Å². The topological polar surface area (TPSA) is 53.1 Å². The van der Waals surface area contributed by atoms with Crippen molar-refractivity contribution >= 4 is 11.7 Å². The van der Waals surface area contributed by atoms with Crippen molar-refractivity contribution in [3.8, 4) is 5.75 Å². The van der Waals surface area contributed by atoms with Gasteiger partial charge < -0.3 is 9.64 Å². The zero-order valence-corrected chi connectivity index (χ0v) is 19.0. The molecule has 2 aliphatic heterocycles. The van der Waals surface area contributed by atoms with E-state index in [2.05, 4.69) is 28.5 Å². The van der Waals surface area contributed by atoms with E-state index >= 15 is 0 Å². The number of hydrogen-bond acceptors (Lipinski definition) is 5. The van der Waals surface area contributed by atoms with E-state index in [4.69, 9.17) is 4.74 Å². The fourth-order valence-corrected chi connectivity index (χ4v) is 4.72. The number of piperidine rings is 1. The van der Waals surface area contributed by atoms with Gasteiger partial charge in [-0.25, -0.2) is 0 Å². The maximum Gasteiger partial charge on any atom is 0.236 e. The minimum Gasteiger partial charge on any atom is -0.494 e. The molecule has 0 bridgehead atoms. The third-order valence-electron chi connectivity index (χ3n) is 6.21. The van der Waals surface area contributed by atoms with Crippen LogP contribution in [0.15, 0.2) is 18.2 Å². The number of likely N-dealkylation sites (tertiary alicyclic amines) is 1. The second-order valence-corrected chi connectivity index (χ2v) is 9.11. The van der Waals surface area contributed by atoms with E-state index in [1.54, 1.807) is 6.92 Å². The van der Waals surface area contributed by atoms with Crippen LogP contribution in [0.1, 0.15) is 50.0 Å². The minimum atomic E-state index is 0.0731. The Morgan fingerprint density at radius 2 is 1.67 bits per heavy atom. The van der Waals surface area contributed by atoms with Gasteiger partial charge in [0.05, 0.1) is 13.2 Å². The number of benzene rings is 1. The molecule has 1 aromatic rings. The SMILES string of the molecule is CCOc1ccc(C(C)=O)cc1CN1CCN(CC(=O)N2CC(C)CC(C)C2)CC1. The van der Waals surface area contributed by atoms with Crippen LogP contribution in [-0.2, 0) is 11.3 Å². The van der Waals surface area contributed by atoms with Gasteiger partial charge in [0.1, 0.15) is 5.75 Å². The lowest BCUT2D eigenvalue weighted by Gasteiger charge is -2.38. The molecule has 2 fully saturated rings. The van der Waals surface area contributed by atoms with Gasteiger partial charge in [-0.15, -0.1) is 0 Å². The Labute approximate surface area is 181 Å². The molecular formula is C24H37N3O3. The number of carbonyl (C=O) groups excluding carboxylic acids is 2. The summed E-state index contributed by atoms with van der Waals surface area (Å²) in [7, 11) is 0. The molecule has 166 valence electrons. The molecule has 0 radical (unpaired) electrons. The van der Waals surface area contributed by atoms with E-state index in [9.17, 15) is 9.59 Å². The molecule has 0 aromatic heterocycles. The number of amides is 1. The van der Waals surface area contributed by atoms with Crippen molar-refractivity contribution in [2.45, 2.75) is 40.7 Å². The maximum atomic E-state index is 12.8. The Kier molecular flexibility index (Phi) is 7.89. The molecule has 2 aliphatic rings. The van der Waals surface area contributed by atoms with E-state index in [-0.39, 0.29) is 11.7 Å². The van der Waals surface area contributed by atoms with Crippen molar-refractivity contribution < 1.29 is 14.3 Å². The summed E-state index contributed by atoms with van der Waals surface area (Å²) in [5.41, 5.74) is 1.79. The number of hydrogen-bond donors (Lipinski definition) is 0. The summed E-state index contributed by atoms with van der Waals surface area (Å²) in [6, 6.07) is 5.70. The van der Waals surface area contributed by atoms with E-state index in [0.717, 1.165) is 62.7 Å². The van der Waals surface area contributed by atoms with Crippen LogP contribution in [0.4, 0.5) is 0 Å². The number of ketones is 1. The van der Waals surface area contributed by atoms with Gasteiger partial charge >= 0.3 is 0 Å².